The Morgan fingerprint density at radius 2 is 2.20 bits per heavy atom. The lowest BCUT2D eigenvalue weighted by Gasteiger charge is -2.22. The van der Waals surface area contributed by atoms with E-state index in [0.29, 0.717) is 18.8 Å². The van der Waals surface area contributed by atoms with E-state index in [2.05, 4.69) is 16.8 Å². The molecule has 20 heavy (non-hydrogen) atoms. The highest BCUT2D eigenvalue weighted by Crippen LogP contribution is 2.32. The van der Waals surface area contributed by atoms with E-state index in [4.69, 9.17) is 10.5 Å². The molecule has 0 aliphatic heterocycles. The van der Waals surface area contributed by atoms with Gasteiger partial charge in [0.05, 0.1) is 24.5 Å². The van der Waals surface area contributed by atoms with E-state index in [0.717, 1.165) is 23.7 Å². The summed E-state index contributed by atoms with van der Waals surface area (Å²) in [4.78, 5) is 6.41. The number of rotatable bonds is 6. The van der Waals surface area contributed by atoms with Crippen LogP contribution in [0.3, 0.4) is 0 Å². The zero-order valence-corrected chi connectivity index (χ0v) is 12.3. The molecule has 0 fully saturated rings. The molecule has 0 amide bonds. The molecule has 2 rings (SSSR count). The number of ether oxygens (including phenoxy) is 1. The van der Waals surface area contributed by atoms with Crippen LogP contribution >= 0.6 is 0 Å². The third-order valence-corrected chi connectivity index (χ3v) is 3.22. The van der Waals surface area contributed by atoms with E-state index >= 15 is 0 Å². The average molecular weight is 274 g/mol. The van der Waals surface area contributed by atoms with Crippen LogP contribution in [0.5, 0.6) is 5.75 Å². The highest BCUT2D eigenvalue weighted by molar-refractivity contribution is 5.73. The molecular weight excluding hydrogens is 252 g/mol. The number of hydrogen-bond acceptors (Lipinski definition) is 4. The molecular formula is C15H22N4O. The van der Waals surface area contributed by atoms with Gasteiger partial charge >= 0.3 is 0 Å². The molecule has 0 unspecified atom stereocenters. The average Bonchev–Trinajstić information content (AvgIpc) is 2.83. The monoisotopic (exact) mass is 274 g/mol. The Kier molecular flexibility index (Phi) is 4.50. The Morgan fingerprint density at radius 1 is 1.40 bits per heavy atom. The van der Waals surface area contributed by atoms with Crippen LogP contribution in [0.25, 0.3) is 0 Å². The predicted octanol–water partition coefficient (Wildman–Crippen LogP) is 2.43. The summed E-state index contributed by atoms with van der Waals surface area (Å²) >= 11 is 0. The Balaban J connectivity index is 2.17. The number of anilines is 2. The topological polar surface area (TPSA) is 56.3 Å². The summed E-state index contributed by atoms with van der Waals surface area (Å²) in [5.74, 6) is 1.74. The molecule has 0 saturated carbocycles. The number of nitrogen functional groups attached to an aromatic ring is 1. The molecule has 0 aliphatic carbocycles. The van der Waals surface area contributed by atoms with Crippen molar-refractivity contribution in [1.29, 1.82) is 0 Å². The van der Waals surface area contributed by atoms with Crippen molar-refractivity contribution < 1.29 is 4.74 Å². The van der Waals surface area contributed by atoms with Gasteiger partial charge in [-0.15, -0.1) is 0 Å². The van der Waals surface area contributed by atoms with Crippen molar-refractivity contribution in [2.75, 3.05) is 24.3 Å². The van der Waals surface area contributed by atoms with E-state index < -0.39 is 0 Å². The minimum atomic E-state index is 0.677. The first-order chi connectivity index (χ1) is 9.63. The van der Waals surface area contributed by atoms with Crippen molar-refractivity contribution in [3.8, 4) is 5.75 Å². The lowest BCUT2D eigenvalue weighted by molar-refractivity contribution is 0.319. The highest BCUT2D eigenvalue weighted by Gasteiger charge is 2.12. The fourth-order valence-electron chi connectivity index (χ4n) is 2.05. The summed E-state index contributed by atoms with van der Waals surface area (Å²) in [6.45, 7) is 3.45. The van der Waals surface area contributed by atoms with E-state index in [1.165, 1.54) is 0 Å². The zero-order chi connectivity index (χ0) is 14.5. The number of nitrogens with two attached hydrogens (primary N) is 1. The second kappa shape index (κ2) is 6.32. The van der Waals surface area contributed by atoms with Gasteiger partial charge in [-0.1, -0.05) is 13.0 Å². The fourth-order valence-corrected chi connectivity index (χ4v) is 2.05. The molecule has 2 aromatic rings. The van der Waals surface area contributed by atoms with E-state index in [-0.39, 0.29) is 0 Å². The lowest BCUT2D eigenvalue weighted by atomic mass is 10.2. The largest absolute Gasteiger partial charge is 0.491 e. The zero-order valence-electron chi connectivity index (χ0n) is 12.3. The molecule has 5 nitrogen and oxygen atoms in total. The summed E-state index contributed by atoms with van der Waals surface area (Å²) in [6.07, 6.45) is 4.70. The summed E-state index contributed by atoms with van der Waals surface area (Å²) < 4.78 is 7.67. The molecule has 0 radical (unpaired) electrons. The van der Waals surface area contributed by atoms with Gasteiger partial charge in [-0.25, -0.2) is 4.98 Å². The second-order valence-corrected chi connectivity index (χ2v) is 4.85. The third-order valence-electron chi connectivity index (χ3n) is 3.22. The molecule has 5 heteroatoms. The number of aryl methyl sites for hydroxylation is 1. The number of nitrogens with zero attached hydrogens (tertiary/aromatic N) is 3. The van der Waals surface area contributed by atoms with Crippen LogP contribution in [0, 0.1) is 0 Å². The van der Waals surface area contributed by atoms with Crippen LogP contribution in [0.15, 0.2) is 30.6 Å². The maximum Gasteiger partial charge on any atom is 0.144 e. The summed E-state index contributed by atoms with van der Waals surface area (Å²) in [5.41, 5.74) is 7.84. The predicted molar refractivity (Wildman–Crippen MR) is 82.0 cm³/mol. The molecule has 108 valence electrons. The van der Waals surface area contributed by atoms with Crippen LogP contribution in [0.1, 0.15) is 19.2 Å². The summed E-state index contributed by atoms with van der Waals surface area (Å²) in [5, 5.41) is 0. The van der Waals surface area contributed by atoms with Crippen LogP contribution in [0.2, 0.25) is 0 Å². The van der Waals surface area contributed by atoms with Crippen molar-refractivity contribution in [3.05, 3.63) is 36.4 Å². The van der Waals surface area contributed by atoms with Gasteiger partial charge in [-0.2, -0.15) is 0 Å². The quantitative estimate of drug-likeness (QED) is 0.822. The van der Waals surface area contributed by atoms with E-state index in [9.17, 15) is 0 Å². The number of hydrogen-bond donors (Lipinski definition) is 1. The van der Waals surface area contributed by atoms with Crippen molar-refractivity contribution in [3.63, 3.8) is 0 Å². The molecule has 2 N–H and O–H groups in total. The van der Waals surface area contributed by atoms with Crippen LogP contribution in [-0.2, 0) is 13.6 Å². The molecule has 0 saturated heterocycles. The molecule has 1 aromatic carbocycles. The van der Waals surface area contributed by atoms with Gasteiger partial charge in [0.1, 0.15) is 11.6 Å². The first-order valence-corrected chi connectivity index (χ1v) is 6.82. The van der Waals surface area contributed by atoms with Crippen LogP contribution in [-0.4, -0.2) is 23.2 Å². The first-order valence-electron chi connectivity index (χ1n) is 6.82. The standard InChI is InChI=1S/C15H22N4O/c1-4-10-20-13-7-5-6-12(15(13)16)19(3)11-14-17-8-9-18(14)2/h5-9H,4,10-11,16H2,1-3H3. The SMILES string of the molecule is CCCOc1cccc(N(C)Cc2nccn2C)c1N. The van der Waals surface area contributed by atoms with Crippen LogP contribution in [0.4, 0.5) is 11.4 Å². The minimum absolute atomic E-state index is 0.677. The number of benzene rings is 1. The van der Waals surface area contributed by atoms with Gasteiger partial charge < -0.3 is 19.9 Å². The summed E-state index contributed by atoms with van der Waals surface area (Å²) in [6, 6.07) is 5.87. The Morgan fingerprint density at radius 3 is 2.85 bits per heavy atom. The number of imidazole rings is 1. The molecule has 0 atom stereocenters. The van der Waals surface area contributed by atoms with Crippen LogP contribution < -0.4 is 15.4 Å². The maximum absolute atomic E-state index is 6.20. The Bertz CT molecular complexity index is 565. The fraction of sp³-hybridized carbons (Fsp3) is 0.400. The highest BCUT2D eigenvalue weighted by atomic mass is 16.5. The van der Waals surface area contributed by atoms with Crippen molar-refractivity contribution in [2.24, 2.45) is 7.05 Å². The van der Waals surface area contributed by atoms with Gasteiger partial charge in [0, 0.05) is 26.5 Å². The second-order valence-electron chi connectivity index (χ2n) is 4.85. The van der Waals surface area contributed by atoms with Gasteiger partial charge in [-0.3, -0.25) is 0 Å². The van der Waals surface area contributed by atoms with E-state index in [1.807, 2.05) is 43.1 Å². The Hall–Kier alpha value is -2.17. The van der Waals surface area contributed by atoms with Crippen molar-refractivity contribution in [2.45, 2.75) is 19.9 Å². The number of aromatic nitrogens is 2. The molecule has 1 aromatic heterocycles. The van der Waals surface area contributed by atoms with Crippen molar-refractivity contribution in [1.82, 2.24) is 9.55 Å². The number of para-hydroxylation sites is 1. The Labute approximate surface area is 120 Å². The molecule has 0 bridgehead atoms. The van der Waals surface area contributed by atoms with E-state index in [1.54, 1.807) is 6.20 Å². The van der Waals surface area contributed by atoms with Crippen molar-refractivity contribution >= 4 is 11.4 Å². The normalized spacial score (nSPS) is 10.6. The first kappa shape index (κ1) is 14.2. The molecule has 0 aliphatic rings. The van der Waals surface area contributed by atoms with Gasteiger partial charge in [0.25, 0.3) is 0 Å². The smallest absolute Gasteiger partial charge is 0.144 e. The molecule has 1 heterocycles. The maximum atomic E-state index is 6.20. The molecule has 0 spiro atoms. The van der Waals surface area contributed by atoms with Gasteiger partial charge in [-0.05, 0) is 18.6 Å². The summed E-state index contributed by atoms with van der Waals surface area (Å²) in [7, 11) is 3.99. The third kappa shape index (κ3) is 3.04. The van der Waals surface area contributed by atoms with Gasteiger partial charge in [0.2, 0.25) is 0 Å². The van der Waals surface area contributed by atoms with Gasteiger partial charge in [0.15, 0.2) is 0 Å². The minimum Gasteiger partial charge on any atom is -0.491 e. The lowest BCUT2D eigenvalue weighted by Crippen LogP contribution is -2.20.